The third kappa shape index (κ3) is 10.8. The first kappa shape index (κ1) is 23.0. The van der Waals surface area contributed by atoms with Crippen molar-refractivity contribution in [2.75, 3.05) is 0 Å². The van der Waals surface area contributed by atoms with Gasteiger partial charge in [0.15, 0.2) is 0 Å². The van der Waals surface area contributed by atoms with Crippen molar-refractivity contribution >= 4 is 35.3 Å². The first-order valence-electron chi connectivity index (χ1n) is 9.91. The summed E-state index contributed by atoms with van der Waals surface area (Å²) in [6, 6.07) is 5.31. The average molecular weight is 399 g/mol. The molecule has 0 heterocycles. The Labute approximate surface area is 168 Å². The number of rotatable bonds is 14. The van der Waals surface area contributed by atoms with Gasteiger partial charge in [-0.3, -0.25) is 4.79 Å². The van der Waals surface area contributed by atoms with Crippen LogP contribution in [-0.2, 0) is 4.79 Å². The molecule has 1 aromatic rings. The van der Waals surface area contributed by atoms with E-state index in [9.17, 15) is 4.79 Å². The van der Waals surface area contributed by atoms with E-state index in [1.807, 2.05) is 0 Å². The Kier molecular flexibility index (Phi) is 13.3. The van der Waals surface area contributed by atoms with Crippen LogP contribution in [0.1, 0.15) is 89.5 Å². The maximum Gasteiger partial charge on any atom is 0.240 e. The zero-order valence-electron chi connectivity index (χ0n) is 15.9. The standard InChI is InChI=1S/C21H32Cl2N2O/c1-2-3-4-5-6-7-8-9-10-11-12-16-20(26)25-24-17-18-14-13-15-19(22)21(18)23/h13-15,17H,2-12,16H2,1H3,(H,25,26)/b24-17-. The van der Waals surface area contributed by atoms with Gasteiger partial charge in [0, 0.05) is 12.0 Å². The molecule has 1 aromatic carbocycles. The van der Waals surface area contributed by atoms with Crippen molar-refractivity contribution in [3.63, 3.8) is 0 Å². The Morgan fingerprint density at radius 1 is 0.962 bits per heavy atom. The van der Waals surface area contributed by atoms with Gasteiger partial charge in [-0.05, 0) is 12.5 Å². The Balaban J connectivity index is 2.00. The summed E-state index contributed by atoms with van der Waals surface area (Å²) in [4.78, 5) is 11.8. The van der Waals surface area contributed by atoms with Crippen LogP contribution >= 0.6 is 23.2 Å². The second-order valence-electron chi connectivity index (χ2n) is 6.72. The normalized spacial score (nSPS) is 11.2. The van der Waals surface area contributed by atoms with Crippen LogP contribution in [0.4, 0.5) is 0 Å². The molecule has 0 fully saturated rings. The van der Waals surface area contributed by atoms with E-state index in [2.05, 4.69) is 17.5 Å². The maximum absolute atomic E-state index is 11.8. The van der Waals surface area contributed by atoms with Crippen molar-refractivity contribution < 1.29 is 4.79 Å². The number of unbranched alkanes of at least 4 members (excludes halogenated alkanes) is 10. The summed E-state index contributed by atoms with van der Waals surface area (Å²) >= 11 is 12.0. The number of hydrogen-bond donors (Lipinski definition) is 1. The number of halogens is 2. The topological polar surface area (TPSA) is 41.5 Å². The number of carbonyl (C=O) groups excluding carboxylic acids is 1. The summed E-state index contributed by atoms with van der Waals surface area (Å²) in [5.41, 5.74) is 3.23. The van der Waals surface area contributed by atoms with Gasteiger partial charge in [-0.15, -0.1) is 0 Å². The molecule has 0 unspecified atom stereocenters. The van der Waals surface area contributed by atoms with Crippen LogP contribution in [0.25, 0.3) is 0 Å². The predicted octanol–water partition coefficient (Wildman–Crippen LogP) is 7.14. The van der Waals surface area contributed by atoms with Crippen LogP contribution in [0.2, 0.25) is 10.0 Å². The van der Waals surface area contributed by atoms with Crippen molar-refractivity contribution in [1.29, 1.82) is 0 Å². The van der Waals surface area contributed by atoms with Gasteiger partial charge >= 0.3 is 0 Å². The monoisotopic (exact) mass is 398 g/mol. The summed E-state index contributed by atoms with van der Waals surface area (Å²) in [5, 5.41) is 4.86. The van der Waals surface area contributed by atoms with Gasteiger partial charge in [0.1, 0.15) is 0 Å². The lowest BCUT2D eigenvalue weighted by Gasteiger charge is -2.03. The quantitative estimate of drug-likeness (QED) is 0.202. The molecule has 3 nitrogen and oxygen atoms in total. The first-order valence-corrected chi connectivity index (χ1v) is 10.7. The summed E-state index contributed by atoms with van der Waals surface area (Å²) in [7, 11) is 0. The Bertz CT molecular complexity index is 547. The number of nitrogens with one attached hydrogen (secondary N) is 1. The van der Waals surface area contributed by atoms with E-state index >= 15 is 0 Å². The fraction of sp³-hybridized carbons (Fsp3) is 0.619. The van der Waals surface area contributed by atoms with Gasteiger partial charge in [-0.25, -0.2) is 5.43 Å². The van der Waals surface area contributed by atoms with Gasteiger partial charge in [-0.1, -0.05) is 106 Å². The van der Waals surface area contributed by atoms with E-state index in [0.29, 0.717) is 22.0 Å². The highest BCUT2D eigenvalue weighted by Gasteiger charge is 2.02. The SMILES string of the molecule is CCCCCCCCCCCCCC(=O)N/N=C\c1cccc(Cl)c1Cl. The molecule has 146 valence electrons. The summed E-state index contributed by atoms with van der Waals surface area (Å²) in [6.07, 6.45) is 16.0. The van der Waals surface area contributed by atoms with Gasteiger partial charge < -0.3 is 0 Å². The highest BCUT2D eigenvalue weighted by Crippen LogP contribution is 2.24. The van der Waals surface area contributed by atoms with Crippen molar-refractivity contribution in [3.05, 3.63) is 33.8 Å². The molecule has 1 rings (SSSR count). The predicted molar refractivity (Wildman–Crippen MR) is 113 cm³/mol. The van der Waals surface area contributed by atoms with E-state index in [-0.39, 0.29) is 5.91 Å². The van der Waals surface area contributed by atoms with Gasteiger partial charge in [0.05, 0.1) is 16.3 Å². The molecule has 1 N–H and O–H groups in total. The molecule has 0 aliphatic heterocycles. The van der Waals surface area contributed by atoms with Crippen LogP contribution in [0.5, 0.6) is 0 Å². The van der Waals surface area contributed by atoms with E-state index in [1.54, 1.807) is 18.2 Å². The van der Waals surface area contributed by atoms with Crippen molar-refractivity contribution in [2.45, 2.75) is 84.0 Å². The van der Waals surface area contributed by atoms with Crippen LogP contribution in [0, 0.1) is 0 Å². The largest absolute Gasteiger partial charge is 0.273 e. The van der Waals surface area contributed by atoms with E-state index in [1.165, 1.54) is 64.0 Å². The van der Waals surface area contributed by atoms with Crippen LogP contribution < -0.4 is 5.43 Å². The third-order valence-corrected chi connectivity index (χ3v) is 5.22. The zero-order chi connectivity index (χ0) is 19.0. The van der Waals surface area contributed by atoms with Crippen LogP contribution in [0.15, 0.2) is 23.3 Å². The minimum Gasteiger partial charge on any atom is -0.273 e. The van der Waals surface area contributed by atoms with Crippen molar-refractivity contribution in [1.82, 2.24) is 5.43 Å². The Morgan fingerprint density at radius 2 is 1.54 bits per heavy atom. The second kappa shape index (κ2) is 15.0. The fourth-order valence-electron chi connectivity index (χ4n) is 2.80. The molecule has 0 saturated heterocycles. The smallest absolute Gasteiger partial charge is 0.240 e. The van der Waals surface area contributed by atoms with Crippen LogP contribution in [0.3, 0.4) is 0 Å². The van der Waals surface area contributed by atoms with E-state index < -0.39 is 0 Å². The molecule has 5 heteroatoms. The number of benzene rings is 1. The Hall–Kier alpha value is -1.06. The summed E-state index contributed by atoms with van der Waals surface area (Å²) < 4.78 is 0. The number of carbonyl (C=O) groups is 1. The first-order chi connectivity index (χ1) is 12.6. The summed E-state index contributed by atoms with van der Waals surface area (Å²) in [5.74, 6) is -0.0599. The third-order valence-electron chi connectivity index (χ3n) is 4.38. The zero-order valence-corrected chi connectivity index (χ0v) is 17.4. The minimum atomic E-state index is -0.0599. The van der Waals surface area contributed by atoms with E-state index in [4.69, 9.17) is 23.2 Å². The molecule has 0 spiro atoms. The highest BCUT2D eigenvalue weighted by atomic mass is 35.5. The second-order valence-corrected chi connectivity index (χ2v) is 7.51. The van der Waals surface area contributed by atoms with Crippen molar-refractivity contribution in [2.24, 2.45) is 5.10 Å². The lowest BCUT2D eigenvalue weighted by molar-refractivity contribution is -0.121. The molecule has 0 atom stereocenters. The number of amides is 1. The molecule has 0 aromatic heterocycles. The van der Waals surface area contributed by atoms with Gasteiger partial charge in [0.2, 0.25) is 5.91 Å². The molecule has 0 aliphatic rings. The molecule has 26 heavy (non-hydrogen) atoms. The molecular formula is C21H32Cl2N2O. The number of nitrogens with zero attached hydrogens (tertiary/aromatic N) is 1. The van der Waals surface area contributed by atoms with E-state index in [0.717, 1.165) is 12.8 Å². The molecule has 1 amide bonds. The number of hydrogen-bond acceptors (Lipinski definition) is 2. The molecule has 0 saturated carbocycles. The summed E-state index contributed by atoms with van der Waals surface area (Å²) in [6.45, 7) is 2.25. The molecule has 0 aliphatic carbocycles. The average Bonchev–Trinajstić information content (AvgIpc) is 2.63. The van der Waals surface area contributed by atoms with Crippen molar-refractivity contribution in [3.8, 4) is 0 Å². The molecular weight excluding hydrogens is 367 g/mol. The van der Waals surface area contributed by atoms with Crippen LogP contribution in [-0.4, -0.2) is 12.1 Å². The molecule has 0 radical (unpaired) electrons. The molecule has 0 bridgehead atoms. The van der Waals surface area contributed by atoms with Gasteiger partial charge in [-0.2, -0.15) is 5.10 Å². The number of hydrazone groups is 1. The lowest BCUT2D eigenvalue weighted by Crippen LogP contribution is -2.16. The minimum absolute atomic E-state index is 0.0599. The highest BCUT2D eigenvalue weighted by molar-refractivity contribution is 6.43. The Morgan fingerprint density at radius 3 is 2.15 bits per heavy atom. The lowest BCUT2D eigenvalue weighted by atomic mass is 10.1. The maximum atomic E-state index is 11.8. The van der Waals surface area contributed by atoms with Gasteiger partial charge in [0.25, 0.3) is 0 Å². The fourth-order valence-corrected chi connectivity index (χ4v) is 3.16.